The lowest BCUT2D eigenvalue weighted by Gasteiger charge is -2.18. The molecule has 0 aromatic heterocycles. The number of ether oxygens (including phenoxy) is 3. The third-order valence-electron chi connectivity index (χ3n) is 4.99. The van der Waals surface area contributed by atoms with E-state index in [9.17, 15) is 9.18 Å². The fraction of sp³-hybridized carbons (Fsp3) is 0.0833. The van der Waals surface area contributed by atoms with Gasteiger partial charge in [0, 0.05) is 5.56 Å². The Labute approximate surface area is 177 Å². The lowest BCUT2D eigenvalue weighted by Crippen LogP contribution is -2.32. The molecule has 31 heavy (non-hydrogen) atoms. The van der Waals surface area contributed by atoms with Crippen molar-refractivity contribution < 1.29 is 23.4 Å². The van der Waals surface area contributed by atoms with Crippen LogP contribution < -0.4 is 19.1 Å². The van der Waals surface area contributed by atoms with Crippen LogP contribution in [0.1, 0.15) is 11.1 Å². The highest BCUT2D eigenvalue weighted by molar-refractivity contribution is 6.33. The smallest absolute Gasteiger partial charge is 0.282 e. The number of fused-ring (bicyclic) bond motifs is 1. The molecule has 154 valence electrons. The number of carbonyl (C=O) groups is 1. The second-order valence-corrected chi connectivity index (χ2v) is 6.92. The Kier molecular flexibility index (Phi) is 4.63. The predicted molar refractivity (Wildman–Crippen MR) is 114 cm³/mol. The summed E-state index contributed by atoms with van der Waals surface area (Å²) in [7, 11) is 1.59. The van der Waals surface area contributed by atoms with Crippen molar-refractivity contribution in [1.82, 2.24) is 0 Å². The van der Waals surface area contributed by atoms with Crippen molar-refractivity contribution >= 4 is 23.5 Å². The normalized spacial score (nSPS) is 16.1. The van der Waals surface area contributed by atoms with Crippen molar-refractivity contribution in [3.63, 3.8) is 0 Å². The first kappa shape index (κ1) is 18.9. The molecule has 0 unspecified atom stereocenters. The molecule has 5 rings (SSSR count). The lowest BCUT2D eigenvalue weighted by atomic mass is 10.1. The molecule has 7 heteroatoms. The maximum Gasteiger partial charge on any atom is 0.282 e. The highest BCUT2D eigenvalue weighted by Gasteiger charge is 2.32. The lowest BCUT2D eigenvalue weighted by molar-refractivity contribution is -0.113. The van der Waals surface area contributed by atoms with E-state index in [1.165, 1.54) is 17.0 Å². The minimum atomic E-state index is -0.380. The van der Waals surface area contributed by atoms with Gasteiger partial charge in [0.05, 0.1) is 12.8 Å². The molecule has 2 aliphatic rings. The van der Waals surface area contributed by atoms with Gasteiger partial charge in [-0.2, -0.15) is 0 Å². The van der Waals surface area contributed by atoms with Gasteiger partial charge in [-0.05, 0) is 72.3 Å². The summed E-state index contributed by atoms with van der Waals surface area (Å²) in [5, 5.41) is 0. The quantitative estimate of drug-likeness (QED) is 0.592. The van der Waals surface area contributed by atoms with E-state index in [0.717, 1.165) is 11.1 Å². The summed E-state index contributed by atoms with van der Waals surface area (Å²) >= 11 is 0. The Hall–Kier alpha value is -4.13. The van der Waals surface area contributed by atoms with Crippen LogP contribution in [0.15, 0.2) is 77.4 Å². The van der Waals surface area contributed by atoms with Gasteiger partial charge in [-0.15, -0.1) is 0 Å². The number of hydrogen-bond acceptors (Lipinski definition) is 5. The van der Waals surface area contributed by atoms with Crippen molar-refractivity contribution in [2.75, 3.05) is 18.8 Å². The third kappa shape index (κ3) is 3.50. The Morgan fingerprint density at radius 1 is 1.00 bits per heavy atom. The highest BCUT2D eigenvalue weighted by Crippen LogP contribution is 2.34. The molecule has 0 spiro atoms. The second kappa shape index (κ2) is 7.60. The number of rotatable bonds is 4. The van der Waals surface area contributed by atoms with E-state index in [1.807, 2.05) is 18.2 Å². The van der Waals surface area contributed by atoms with Crippen LogP contribution in [0.4, 0.5) is 10.1 Å². The topological polar surface area (TPSA) is 60.4 Å². The van der Waals surface area contributed by atoms with Gasteiger partial charge in [0.1, 0.15) is 23.1 Å². The number of aliphatic imine (C=N–C) groups is 1. The first-order valence-corrected chi connectivity index (χ1v) is 9.57. The van der Waals surface area contributed by atoms with Crippen molar-refractivity contribution in [2.24, 2.45) is 4.99 Å². The van der Waals surface area contributed by atoms with E-state index in [2.05, 4.69) is 4.99 Å². The molecule has 0 saturated heterocycles. The zero-order chi connectivity index (χ0) is 21.4. The average Bonchev–Trinajstić information content (AvgIpc) is 3.39. The summed E-state index contributed by atoms with van der Waals surface area (Å²) in [6.45, 7) is 0.173. The van der Waals surface area contributed by atoms with Crippen LogP contribution in [-0.2, 0) is 4.79 Å². The van der Waals surface area contributed by atoms with E-state index >= 15 is 0 Å². The second-order valence-electron chi connectivity index (χ2n) is 6.92. The maximum atomic E-state index is 13.5. The monoisotopic (exact) mass is 416 g/mol. The SMILES string of the molecule is COc1ccc(C2=N/C(=C/c3ccc4c(c3)OCO4)C(=O)N2c2ccc(F)cc2)cc1. The number of anilines is 1. The van der Waals surface area contributed by atoms with Crippen LogP contribution in [-0.4, -0.2) is 25.6 Å². The fourth-order valence-electron chi connectivity index (χ4n) is 3.44. The predicted octanol–water partition coefficient (Wildman–Crippen LogP) is 4.40. The first-order chi connectivity index (χ1) is 15.1. The summed E-state index contributed by atoms with van der Waals surface area (Å²) in [5.74, 6) is 1.73. The number of nitrogens with zero attached hydrogens (tertiary/aromatic N) is 2. The van der Waals surface area contributed by atoms with Gasteiger partial charge in [-0.3, -0.25) is 9.69 Å². The molecule has 0 fully saturated rings. The summed E-state index contributed by atoms with van der Waals surface area (Å²) in [6, 6.07) is 18.4. The molecule has 0 saturated carbocycles. The van der Waals surface area contributed by atoms with Crippen molar-refractivity contribution in [2.45, 2.75) is 0 Å². The van der Waals surface area contributed by atoms with E-state index in [-0.39, 0.29) is 24.2 Å². The number of methoxy groups -OCH3 is 1. The largest absolute Gasteiger partial charge is 0.497 e. The molecule has 3 aromatic rings. The standard InChI is InChI=1S/C24H17FN2O4/c1-29-19-9-3-16(4-10-19)23-26-20(12-15-2-11-21-22(13-15)31-14-30-21)24(28)27(23)18-7-5-17(25)6-8-18/h2-13H,14H2,1H3/b20-12+. The molecule has 0 aliphatic carbocycles. The van der Waals surface area contributed by atoms with E-state index in [1.54, 1.807) is 49.6 Å². The molecule has 0 radical (unpaired) electrons. The molecule has 0 N–H and O–H groups in total. The molecule has 2 heterocycles. The van der Waals surface area contributed by atoms with Crippen LogP contribution in [0.25, 0.3) is 6.08 Å². The van der Waals surface area contributed by atoms with Crippen LogP contribution in [0.3, 0.4) is 0 Å². The van der Waals surface area contributed by atoms with Crippen LogP contribution >= 0.6 is 0 Å². The van der Waals surface area contributed by atoms with Gasteiger partial charge in [0.2, 0.25) is 6.79 Å². The minimum absolute atomic E-state index is 0.173. The van der Waals surface area contributed by atoms with Crippen LogP contribution in [0, 0.1) is 5.82 Å². The minimum Gasteiger partial charge on any atom is -0.497 e. The zero-order valence-corrected chi connectivity index (χ0v) is 16.5. The fourth-order valence-corrected chi connectivity index (χ4v) is 3.44. The first-order valence-electron chi connectivity index (χ1n) is 9.57. The number of benzene rings is 3. The number of amidine groups is 1. The summed E-state index contributed by atoms with van der Waals surface area (Å²) < 4.78 is 29.4. The summed E-state index contributed by atoms with van der Waals surface area (Å²) in [4.78, 5) is 19.4. The molecule has 6 nitrogen and oxygen atoms in total. The average molecular weight is 416 g/mol. The summed E-state index contributed by atoms with van der Waals surface area (Å²) in [5.41, 5.74) is 2.27. The molecular formula is C24H17FN2O4. The molecular weight excluding hydrogens is 399 g/mol. The molecule has 1 amide bonds. The van der Waals surface area contributed by atoms with Gasteiger partial charge in [0.15, 0.2) is 11.5 Å². The van der Waals surface area contributed by atoms with Gasteiger partial charge >= 0.3 is 0 Å². The number of hydrogen-bond donors (Lipinski definition) is 0. The number of amides is 1. The van der Waals surface area contributed by atoms with Crippen molar-refractivity contribution in [1.29, 1.82) is 0 Å². The molecule has 0 bridgehead atoms. The Morgan fingerprint density at radius 2 is 1.74 bits per heavy atom. The van der Waals surface area contributed by atoms with E-state index in [0.29, 0.717) is 28.8 Å². The van der Waals surface area contributed by atoms with Crippen LogP contribution in [0.2, 0.25) is 0 Å². The van der Waals surface area contributed by atoms with Crippen LogP contribution in [0.5, 0.6) is 17.2 Å². The Bertz CT molecular complexity index is 1220. The molecule has 3 aromatic carbocycles. The van der Waals surface area contributed by atoms with Gasteiger partial charge in [-0.1, -0.05) is 6.07 Å². The number of carbonyl (C=O) groups excluding carboxylic acids is 1. The number of halogens is 1. The maximum absolute atomic E-state index is 13.5. The van der Waals surface area contributed by atoms with Gasteiger partial charge < -0.3 is 14.2 Å². The summed E-state index contributed by atoms with van der Waals surface area (Å²) in [6.07, 6.45) is 1.69. The van der Waals surface area contributed by atoms with E-state index < -0.39 is 0 Å². The Morgan fingerprint density at radius 3 is 2.48 bits per heavy atom. The van der Waals surface area contributed by atoms with Gasteiger partial charge in [0.25, 0.3) is 5.91 Å². The molecule has 0 atom stereocenters. The third-order valence-corrected chi connectivity index (χ3v) is 4.99. The highest BCUT2D eigenvalue weighted by atomic mass is 19.1. The molecule has 2 aliphatic heterocycles. The van der Waals surface area contributed by atoms with Gasteiger partial charge in [-0.25, -0.2) is 9.38 Å². The van der Waals surface area contributed by atoms with Crippen molar-refractivity contribution in [3.05, 3.63) is 89.4 Å². The van der Waals surface area contributed by atoms with Crippen molar-refractivity contribution in [3.8, 4) is 17.2 Å². The van der Waals surface area contributed by atoms with E-state index in [4.69, 9.17) is 14.2 Å². The Balaban J connectivity index is 1.58. The zero-order valence-electron chi connectivity index (χ0n) is 16.5.